The molecular weight excluding hydrogens is 628 g/mol. The van der Waals surface area contributed by atoms with Crippen LogP contribution in [0.3, 0.4) is 0 Å². The Kier molecular flexibility index (Phi) is 10.8. The molecule has 6 rings (SSSR count). The summed E-state index contributed by atoms with van der Waals surface area (Å²) in [5, 5.41) is 2.46. The lowest BCUT2D eigenvalue weighted by Gasteiger charge is -2.30. The normalized spacial score (nSPS) is 14.0. The lowest BCUT2D eigenvalue weighted by molar-refractivity contribution is 0.0592. The highest BCUT2D eigenvalue weighted by Gasteiger charge is 2.37. The first kappa shape index (κ1) is 35.1. The zero-order valence-corrected chi connectivity index (χ0v) is 29.9. The van der Waals surface area contributed by atoms with E-state index in [9.17, 15) is 19.2 Å². The predicted octanol–water partition coefficient (Wildman–Crippen LogP) is 9.59. The van der Waals surface area contributed by atoms with Crippen molar-refractivity contribution in [2.75, 3.05) is 27.3 Å². The van der Waals surface area contributed by atoms with Gasteiger partial charge in [0.2, 0.25) is 0 Å². The largest absolute Gasteiger partial charge is 0.496 e. The summed E-state index contributed by atoms with van der Waals surface area (Å²) in [4.78, 5) is 58.4. The van der Waals surface area contributed by atoms with E-state index < -0.39 is 0 Å². The number of hydrogen-bond acceptors (Lipinski definition) is 6. The number of carbonyl (C=O) groups is 4. The van der Waals surface area contributed by atoms with Gasteiger partial charge in [-0.3, -0.25) is 29.0 Å². The summed E-state index contributed by atoms with van der Waals surface area (Å²) in [7, 11) is 3.11. The van der Waals surface area contributed by atoms with E-state index in [1.54, 1.807) is 38.5 Å². The van der Waals surface area contributed by atoms with Crippen molar-refractivity contribution in [2.24, 2.45) is 0 Å². The van der Waals surface area contributed by atoms with Crippen LogP contribution in [0.15, 0.2) is 48.5 Å². The molecule has 0 saturated heterocycles. The van der Waals surface area contributed by atoms with E-state index in [1.165, 1.54) is 22.6 Å². The first-order valence-corrected chi connectivity index (χ1v) is 18.4. The van der Waals surface area contributed by atoms with Gasteiger partial charge in [0.1, 0.15) is 11.5 Å². The molecule has 0 aliphatic carbocycles. The molecule has 0 atom stereocenters. The second-order valence-corrected chi connectivity index (χ2v) is 13.5. The molecular formula is C42H48N2O6. The van der Waals surface area contributed by atoms with Crippen molar-refractivity contribution in [2.45, 2.75) is 90.9 Å². The van der Waals surface area contributed by atoms with Gasteiger partial charge >= 0.3 is 0 Å². The molecule has 262 valence electrons. The third kappa shape index (κ3) is 6.25. The highest BCUT2D eigenvalue weighted by atomic mass is 16.5. The maximum atomic E-state index is 14.0. The summed E-state index contributed by atoms with van der Waals surface area (Å²) in [5.41, 5.74) is 3.02. The maximum Gasteiger partial charge on any atom is 0.261 e. The van der Waals surface area contributed by atoms with Gasteiger partial charge in [-0.1, -0.05) is 102 Å². The lowest BCUT2D eigenvalue weighted by atomic mass is 9.84. The number of amides is 4. The van der Waals surface area contributed by atoms with Crippen LogP contribution in [0.1, 0.15) is 132 Å². The Morgan fingerprint density at radius 1 is 0.480 bits per heavy atom. The van der Waals surface area contributed by atoms with Crippen molar-refractivity contribution in [3.05, 3.63) is 70.8 Å². The minimum Gasteiger partial charge on any atom is -0.496 e. The fraction of sp³-hybridized carbons (Fsp3) is 0.429. The number of benzene rings is 4. The van der Waals surface area contributed by atoms with Gasteiger partial charge in [0, 0.05) is 46.1 Å². The van der Waals surface area contributed by atoms with E-state index in [2.05, 4.69) is 13.8 Å². The van der Waals surface area contributed by atoms with Crippen molar-refractivity contribution in [1.82, 2.24) is 9.80 Å². The van der Waals surface area contributed by atoms with Crippen LogP contribution in [0, 0.1) is 0 Å². The van der Waals surface area contributed by atoms with E-state index in [1.807, 2.05) is 24.3 Å². The van der Waals surface area contributed by atoms with Crippen LogP contribution in [0.4, 0.5) is 0 Å². The molecule has 0 saturated carbocycles. The van der Waals surface area contributed by atoms with Crippen LogP contribution in [0.2, 0.25) is 0 Å². The number of methoxy groups -OCH3 is 2. The zero-order valence-electron chi connectivity index (χ0n) is 29.9. The van der Waals surface area contributed by atoms with Gasteiger partial charge in [-0.05, 0) is 47.9 Å². The van der Waals surface area contributed by atoms with E-state index >= 15 is 0 Å². The van der Waals surface area contributed by atoms with Gasteiger partial charge in [-0.15, -0.1) is 0 Å². The number of imide groups is 2. The zero-order chi connectivity index (χ0) is 35.4. The van der Waals surface area contributed by atoms with Gasteiger partial charge in [-0.2, -0.15) is 0 Å². The molecule has 0 bridgehead atoms. The van der Waals surface area contributed by atoms with Crippen LogP contribution in [-0.4, -0.2) is 60.7 Å². The first-order chi connectivity index (χ1) is 24.4. The molecule has 0 spiro atoms. The number of hydrogen-bond donors (Lipinski definition) is 0. The van der Waals surface area contributed by atoms with Gasteiger partial charge in [0.15, 0.2) is 0 Å². The molecule has 0 fully saturated rings. The molecule has 0 radical (unpaired) electrons. The summed E-state index contributed by atoms with van der Waals surface area (Å²) in [5.74, 6) is -0.398. The average molecular weight is 677 g/mol. The quantitative estimate of drug-likeness (QED) is 0.0817. The van der Waals surface area contributed by atoms with Crippen LogP contribution < -0.4 is 9.47 Å². The molecule has 4 aromatic carbocycles. The van der Waals surface area contributed by atoms with Crippen molar-refractivity contribution in [3.63, 3.8) is 0 Å². The summed E-state index contributed by atoms with van der Waals surface area (Å²) in [6.45, 7) is 5.09. The summed E-state index contributed by atoms with van der Waals surface area (Å²) in [6.07, 6.45) is 12.6. The summed E-state index contributed by atoms with van der Waals surface area (Å²) < 4.78 is 12.0. The third-order valence-electron chi connectivity index (χ3n) is 10.3. The average Bonchev–Trinajstić information content (AvgIpc) is 3.13. The Morgan fingerprint density at radius 3 is 1.22 bits per heavy atom. The minimum absolute atomic E-state index is 0.303. The lowest BCUT2D eigenvalue weighted by Crippen LogP contribution is -2.41. The van der Waals surface area contributed by atoms with Crippen LogP contribution >= 0.6 is 0 Å². The summed E-state index contributed by atoms with van der Waals surface area (Å²) >= 11 is 0. The second kappa shape index (κ2) is 15.4. The van der Waals surface area contributed by atoms with Crippen molar-refractivity contribution < 1.29 is 28.7 Å². The number of rotatable bonds is 17. The molecule has 2 aliphatic rings. The summed E-state index contributed by atoms with van der Waals surface area (Å²) in [6, 6.07) is 14.4. The third-order valence-corrected chi connectivity index (χ3v) is 10.3. The van der Waals surface area contributed by atoms with Gasteiger partial charge in [0.05, 0.1) is 25.3 Å². The predicted molar refractivity (Wildman–Crippen MR) is 197 cm³/mol. The van der Waals surface area contributed by atoms with E-state index in [0.29, 0.717) is 79.5 Å². The standard InChI is InChI=1S/C42H48N2O6/c1-5-7-9-11-13-15-23-43-39(45)29-21-17-19-27-35(29)31(41(43)47)25-33(49-3)37(27)38-28-20-18-22-30-36(28)32(26-34(38)50-4)42(48)44(40(30)46)24-16-14-12-10-8-6-2/h17-22,25-26H,5-16,23-24H2,1-4H3. The maximum absolute atomic E-state index is 14.0. The smallest absolute Gasteiger partial charge is 0.261 e. The Morgan fingerprint density at radius 2 is 0.840 bits per heavy atom. The van der Waals surface area contributed by atoms with Crippen molar-refractivity contribution in [3.8, 4) is 22.6 Å². The molecule has 4 aromatic rings. The molecule has 4 amide bonds. The second-order valence-electron chi connectivity index (χ2n) is 13.5. The highest BCUT2D eigenvalue weighted by Crippen LogP contribution is 2.50. The number of nitrogens with zero attached hydrogens (tertiary/aromatic N) is 2. The van der Waals surface area contributed by atoms with Gasteiger partial charge in [0.25, 0.3) is 23.6 Å². The Bertz CT molecular complexity index is 1820. The molecule has 2 heterocycles. The topological polar surface area (TPSA) is 93.2 Å². The first-order valence-electron chi connectivity index (χ1n) is 18.4. The monoisotopic (exact) mass is 676 g/mol. The molecule has 0 N–H and O–H groups in total. The number of unbranched alkanes of at least 4 members (excludes halogenated alkanes) is 10. The van der Waals surface area contributed by atoms with Crippen molar-refractivity contribution in [1.29, 1.82) is 0 Å². The van der Waals surface area contributed by atoms with Gasteiger partial charge < -0.3 is 9.47 Å². The van der Waals surface area contributed by atoms with E-state index in [-0.39, 0.29) is 23.6 Å². The van der Waals surface area contributed by atoms with Crippen molar-refractivity contribution >= 4 is 45.2 Å². The number of ether oxygens (including phenoxy) is 2. The van der Waals surface area contributed by atoms with Crippen LogP contribution in [0.5, 0.6) is 11.5 Å². The van der Waals surface area contributed by atoms with E-state index in [4.69, 9.17) is 9.47 Å². The van der Waals surface area contributed by atoms with Gasteiger partial charge in [-0.25, -0.2) is 0 Å². The molecule has 50 heavy (non-hydrogen) atoms. The minimum atomic E-state index is -0.331. The Balaban J connectivity index is 1.43. The van der Waals surface area contributed by atoms with Crippen LogP contribution in [0.25, 0.3) is 32.7 Å². The molecule has 8 nitrogen and oxygen atoms in total. The Labute approximate surface area is 294 Å². The Hall–Kier alpha value is -4.72. The molecule has 8 heteroatoms. The van der Waals surface area contributed by atoms with E-state index in [0.717, 1.165) is 64.2 Å². The fourth-order valence-corrected chi connectivity index (χ4v) is 7.72. The SMILES string of the molecule is CCCCCCCCN1C(=O)c2cccc3c(-c4c(OC)cc5c6c(cccc46)C(=O)N(CCCCCCCC)C5=O)c(OC)cc(c23)C1=O. The van der Waals surface area contributed by atoms with Crippen LogP contribution in [-0.2, 0) is 0 Å². The fourth-order valence-electron chi connectivity index (χ4n) is 7.72. The molecule has 0 unspecified atom stereocenters. The number of carbonyl (C=O) groups excluding carboxylic acids is 4. The molecule has 0 aromatic heterocycles. The highest BCUT2D eigenvalue weighted by molar-refractivity contribution is 6.31. The molecule has 2 aliphatic heterocycles.